The molecule has 1 amide bonds. The van der Waals surface area contributed by atoms with E-state index >= 15 is 0 Å². The maximum Gasteiger partial charge on any atom is 0.253 e. The first-order chi connectivity index (χ1) is 13.4. The summed E-state index contributed by atoms with van der Waals surface area (Å²) in [7, 11) is 0. The second kappa shape index (κ2) is 7.38. The zero-order valence-corrected chi connectivity index (χ0v) is 17.1. The highest BCUT2D eigenvalue weighted by Gasteiger charge is 2.18. The highest BCUT2D eigenvalue weighted by molar-refractivity contribution is 5.98. The molecule has 28 heavy (non-hydrogen) atoms. The monoisotopic (exact) mass is 376 g/mol. The third-order valence-corrected chi connectivity index (χ3v) is 5.71. The number of nitrogens with zero attached hydrogens (tertiary/aromatic N) is 3. The van der Waals surface area contributed by atoms with E-state index in [1.54, 1.807) is 6.20 Å². The lowest BCUT2D eigenvalue weighted by molar-refractivity contribution is 0.0939. The molecular formula is C23H28N4O. The van der Waals surface area contributed by atoms with Gasteiger partial charge in [-0.15, -0.1) is 0 Å². The van der Waals surface area contributed by atoms with Crippen molar-refractivity contribution in [1.82, 2.24) is 20.1 Å². The van der Waals surface area contributed by atoms with Crippen LogP contribution in [0.3, 0.4) is 0 Å². The summed E-state index contributed by atoms with van der Waals surface area (Å²) in [5.74, 6) is -0.0885. The van der Waals surface area contributed by atoms with Gasteiger partial charge in [0.15, 0.2) is 5.65 Å². The number of amides is 1. The van der Waals surface area contributed by atoms with Gasteiger partial charge in [-0.3, -0.25) is 4.79 Å². The van der Waals surface area contributed by atoms with Crippen molar-refractivity contribution in [3.05, 3.63) is 58.4 Å². The van der Waals surface area contributed by atoms with Gasteiger partial charge >= 0.3 is 0 Å². The van der Waals surface area contributed by atoms with E-state index < -0.39 is 0 Å². The number of hydrogen-bond acceptors (Lipinski definition) is 3. The van der Waals surface area contributed by atoms with Gasteiger partial charge in [-0.05, 0) is 76.1 Å². The van der Waals surface area contributed by atoms with Crippen LogP contribution >= 0.6 is 0 Å². The van der Waals surface area contributed by atoms with Gasteiger partial charge in [0.2, 0.25) is 0 Å². The van der Waals surface area contributed by atoms with Gasteiger partial charge in [0, 0.05) is 11.4 Å². The number of carbonyl (C=O) groups is 1. The van der Waals surface area contributed by atoms with Crippen molar-refractivity contribution in [2.75, 3.05) is 0 Å². The Morgan fingerprint density at radius 1 is 1.11 bits per heavy atom. The van der Waals surface area contributed by atoms with Gasteiger partial charge in [0.05, 0.1) is 23.5 Å². The van der Waals surface area contributed by atoms with E-state index in [1.807, 2.05) is 24.6 Å². The molecule has 1 atom stereocenters. The van der Waals surface area contributed by atoms with Gasteiger partial charge in [-0.25, -0.2) is 9.67 Å². The van der Waals surface area contributed by atoms with Gasteiger partial charge in [0.1, 0.15) is 0 Å². The number of benzene rings is 1. The first-order valence-corrected chi connectivity index (χ1v) is 10.2. The van der Waals surface area contributed by atoms with Crippen LogP contribution in [0, 0.1) is 6.92 Å². The van der Waals surface area contributed by atoms with Crippen molar-refractivity contribution in [3.8, 4) is 0 Å². The van der Waals surface area contributed by atoms with E-state index in [0.717, 1.165) is 28.7 Å². The molecule has 4 rings (SSSR count). The van der Waals surface area contributed by atoms with Gasteiger partial charge < -0.3 is 5.32 Å². The van der Waals surface area contributed by atoms with Crippen molar-refractivity contribution >= 4 is 16.9 Å². The number of rotatable bonds is 4. The molecule has 0 fully saturated rings. The SMILES string of the molecule is Cc1nc2c(cnn2C(C)C)cc1C(=O)NC(C)c1ccc2c(c1)CCCC2. The number of aryl methyl sites for hydroxylation is 3. The lowest BCUT2D eigenvalue weighted by Gasteiger charge is -2.20. The quantitative estimate of drug-likeness (QED) is 0.718. The summed E-state index contributed by atoms with van der Waals surface area (Å²) in [6.45, 7) is 8.07. The maximum absolute atomic E-state index is 12.9. The zero-order valence-electron chi connectivity index (χ0n) is 17.1. The molecule has 5 nitrogen and oxygen atoms in total. The van der Waals surface area contributed by atoms with Crippen LogP contribution in [0.5, 0.6) is 0 Å². The number of fused-ring (bicyclic) bond motifs is 2. The van der Waals surface area contributed by atoms with E-state index in [2.05, 4.69) is 47.4 Å². The summed E-state index contributed by atoms with van der Waals surface area (Å²) in [5.41, 5.74) is 6.22. The Bertz CT molecular complexity index is 1030. The van der Waals surface area contributed by atoms with Crippen LogP contribution < -0.4 is 5.32 Å². The number of nitrogens with one attached hydrogen (secondary N) is 1. The first kappa shape index (κ1) is 18.7. The minimum Gasteiger partial charge on any atom is -0.345 e. The highest BCUT2D eigenvalue weighted by atomic mass is 16.1. The summed E-state index contributed by atoms with van der Waals surface area (Å²) in [4.78, 5) is 17.6. The minimum atomic E-state index is -0.0885. The highest BCUT2D eigenvalue weighted by Crippen LogP contribution is 2.25. The molecule has 1 N–H and O–H groups in total. The lowest BCUT2D eigenvalue weighted by Crippen LogP contribution is -2.27. The zero-order chi connectivity index (χ0) is 19.8. The summed E-state index contributed by atoms with van der Waals surface area (Å²) < 4.78 is 1.89. The van der Waals surface area contributed by atoms with Crippen molar-refractivity contribution in [3.63, 3.8) is 0 Å². The van der Waals surface area contributed by atoms with Crippen molar-refractivity contribution in [1.29, 1.82) is 0 Å². The summed E-state index contributed by atoms with van der Waals surface area (Å²) in [5, 5.41) is 8.45. The van der Waals surface area contributed by atoms with Crippen LogP contribution in [0.1, 0.15) is 78.4 Å². The maximum atomic E-state index is 12.9. The molecule has 2 aromatic heterocycles. The Kier molecular flexibility index (Phi) is 4.92. The van der Waals surface area contributed by atoms with Crippen LogP contribution in [0.25, 0.3) is 11.0 Å². The number of hydrogen-bond donors (Lipinski definition) is 1. The van der Waals surface area contributed by atoms with Crippen LogP contribution in [-0.2, 0) is 12.8 Å². The fraction of sp³-hybridized carbons (Fsp3) is 0.435. The molecule has 1 aromatic carbocycles. The second-order valence-corrected chi connectivity index (χ2v) is 8.15. The Hall–Kier alpha value is -2.69. The number of pyridine rings is 1. The number of carbonyl (C=O) groups excluding carboxylic acids is 1. The predicted molar refractivity (Wildman–Crippen MR) is 112 cm³/mol. The second-order valence-electron chi connectivity index (χ2n) is 8.15. The Morgan fingerprint density at radius 2 is 1.86 bits per heavy atom. The minimum absolute atomic E-state index is 0.0480. The largest absolute Gasteiger partial charge is 0.345 e. The molecule has 2 heterocycles. The molecular weight excluding hydrogens is 348 g/mol. The fourth-order valence-electron chi connectivity index (χ4n) is 4.05. The van der Waals surface area contributed by atoms with Crippen LogP contribution in [0.4, 0.5) is 0 Å². The van der Waals surface area contributed by atoms with E-state index in [9.17, 15) is 4.79 Å². The fourth-order valence-corrected chi connectivity index (χ4v) is 4.05. The summed E-state index contributed by atoms with van der Waals surface area (Å²) in [6, 6.07) is 8.72. The predicted octanol–water partition coefficient (Wildman–Crippen LogP) is 4.69. The average Bonchev–Trinajstić information content (AvgIpc) is 3.09. The molecule has 1 aliphatic rings. The van der Waals surface area contributed by atoms with Crippen LogP contribution in [0.2, 0.25) is 0 Å². The topological polar surface area (TPSA) is 59.8 Å². The molecule has 5 heteroatoms. The van der Waals surface area contributed by atoms with Gasteiger partial charge in [-0.2, -0.15) is 5.10 Å². The van der Waals surface area contributed by atoms with E-state index in [1.165, 1.54) is 30.4 Å². The average molecular weight is 377 g/mol. The van der Waals surface area contributed by atoms with Crippen LogP contribution in [-0.4, -0.2) is 20.7 Å². The molecule has 3 aromatic rings. The van der Waals surface area contributed by atoms with Crippen molar-refractivity contribution < 1.29 is 4.79 Å². The first-order valence-electron chi connectivity index (χ1n) is 10.2. The standard InChI is InChI=1S/C23H28N4O/c1-14(2)27-22-20(13-24-27)12-21(16(4)25-22)23(28)26-15(3)18-10-9-17-7-5-6-8-19(17)11-18/h9-15H,5-8H2,1-4H3,(H,26,28). The molecule has 0 saturated heterocycles. The third kappa shape index (κ3) is 3.41. The molecule has 1 unspecified atom stereocenters. The van der Waals surface area contributed by atoms with Crippen LogP contribution in [0.15, 0.2) is 30.5 Å². The smallest absolute Gasteiger partial charge is 0.253 e. The molecule has 146 valence electrons. The Balaban J connectivity index is 1.57. The lowest BCUT2D eigenvalue weighted by atomic mass is 9.89. The normalized spacial score (nSPS) is 14.9. The molecule has 0 saturated carbocycles. The van der Waals surface area contributed by atoms with Gasteiger partial charge in [-0.1, -0.05) is 18.2 Å². The summed E-state index contributed by atoms with van der Waals surface area (Å²) >= 11 is 0. The Morgan fingerprint density at radius 3 is 2.61 bits per heavy atom. The molecule has 0 radical (unpaired) electrons. The van der Waals surface area contributed by atoms with Crippen molar-refractivity contribution in [2.45, 2.75) is 65.5 Å². The van der Waals surface area contributed by atoms with E-state index in [-0.39, 0.29) is 18.0 Å². The van der Waals surface area contributed by atoms with E-state index in [4.69, 9.17) is 0 Å². The molecule has 0 spiro atoms. The van der Waals surface area contributed by atoms with Gasteiger partial charge in [0.25, 0.3) is 5.91 Å². The van der Waals surface area contributed by atoms with Crippen molar-refractivity contribution in [2.24, 2.45) is 0 Å². The molecule has 1 aliphatic carbocycles. The Labute approximate surface area is 166 Å². The number of aromatic nitrogens is 3. The third-order valence-electron chi connectivity index (χ3n) is 5.71. The van der Waals surface area contributed by atoms with E-state index in [0.29, 0.717) is 5.56 Å². The molecule has 0 aliphatic heterocycles. The molecule has 0 bridgehead atoms. The summed E-state index contributed by atoms with van der Waals surface area (Å²) in [6.07, 6.45) is 6.63.